The smallest absolute Gasteiger partial charge is 0.772 e. The fourth-order valence-corrected chi connectivity index (χ4v) is 1.24. The molecule has 0 fully saturated rings. The molecule has 0 radical (unpaired) electrons. The van der Waals surface area contributed by atoms with E-state index in [-0.39, 0.29) is 77.0 Å². The Morgan fingerprint density at radius 1 is 0.909 bits per heavy atom. The Kier molecular flexibility index (Phi) is 21.0. The Labute approximate surface area is 115 Å². The van der Waals surface area contributed by atoms with Gasteiger partial charge in [0, 0.05) is 11.5 Å². The van der Waals surface area contributed by atoms with E-state index in [2.05, 4.69) is 0 Å². The number of rotatable bonds is 4. The van der Waals surface area contributed by atoms with Gasteiger partial charge in [0.05, 0.1) is 0 Å². The van der Waals surface area contributed by atoms with Crippen molar-refractivity contribution in [3.05, 3.63) is 0 Å². The molecule has 0 aromatic carbocycles. The summed E-state index contributed by atoms with van der Waals surface area (Å²) in [6.45, 7) is 0. The van der Waals surface area contributed by atoms with Crippen LogP contribution >= 0.6 is 0 Å². The molecule has 0 bridgehead atoms. The fraction of sp³-hybridized carbons (Fsp3) is 1.00. The molecular formula is C3H6Na2O4S2. The van der Waals surface area contributed by atoms with Crippen LogP contribution in [0.3, 0.4) is 0 Å². The molecule has 0 spiro atoms. The van der Waals surface area contributed by atoms with Gasteiger partial charge in [0.2, 0.25) is 0 Å². The molecule has 0 rings (SSSR count). The number of hydrogen-bond donors (Lipinski definition) is 0. The summed E-state index contributed by atoms with van der Waals surface area (Å²) in [5, 5.41) is 0. The van der Waals surface area contributed by atoms with Gasteiger partial charge in [-0.15, -0.1) is 0 Å². The van der Waals surface area contributed by atoms with Crippen LogP contribution in [0.4, 0.5) is 0 Å². The minimum atomic E-state index is -2.11. The van der Waals surface area contributed by atoms with Crippen molar-refractivity contribution < 1.29 is 76.6 Å². The van der Waals surface area contributed by atoms with Crippen LogP contribution in [0, 0.1) is 0 Å². The monoisotopic (exact) mass is 216 g/mol. The molecule has 0 aliphatic carbocycles. The largest absolute Gasteiger partial charge is 1.00 e. The maximum absolute atomic E-state index is 9.78. The van der Waals surface area contributed by atoms with E-state index in [0.29, 0.717) is 0 Å². The van der Waals surface area contributed by atoms with Crippen LogP contribution in [0.1, 0.15) is 6.42 Å². The molecule has 0 aromatic heterocycles. The molecule has 0 aliphatic rings. The van der Waals surface area contributed by atoms with Crippen molar-refractivity contribution in [1.29, 1.82) is 0 Å². The first kappa shape index (κ1) is 18.9. The van der Waals surface area contributed by atoms with Gasteiger partial charge in [-0.3, -0.25) is 8.42 Å². The SMILES string of the molecule is O=S([O-])CCCS(=O)[O-].[Na+].[Na+]. The van der Waals surface area contributed by atoms with Crippen molar-refractivity contribution >= 4 is 22.2 Å². The zero-order valence-electron chi connectivity index (χ0n) is 6.57. The van der Waals surface area contributed by atoms with Crippen molar-refractivity contribution in [2.24, 2.45) is 0 Å². The Balaban J connectivity index is -0.000000320. The summed E-state index contributed by atoms with van der Waals surface area (Å²) >= 11 is -4.21. The van der Waals surface area contributed by atoms with E-state index in [1.165, 1.54) is 0 Å². The van der Waals surface area contributed by atoms with Gasteiger partial charge in [-0.2, -0.15) is 0 Å². The molecule has 0 heterocycles. The molecule has 0 aliphatic heterocycles. The van der Waals surface area contributed by atoms with Crippen LogP contribution in [0.15, 0.2) is 0 Å². The number of hydrogen-bond acceptors (Lipinski definition) is 4. The Morgan fingerprint density at radius 3 is 1.36 bits per heavy atom. The second-order valence-corrected chi connectivity index (χ2v) is 3.40. The first-order valence-electron chi connectivity index (χ1n) is 2.24. The van der Waals surface area contributed by atoms with E-state index in [4.69, 9.17) is 0 Å². The van der Waals surface area contributed by atoms with Crippen LogP contribution in [0.5, 0.6) is 0 Å². The average Bonchev–Trinajstić information content (AvgIpc) is 1.63. The van der Waals surface area contributed by atoms with Crippen molar-refractivity contribution in [1.82, 2.24) is 0 Å². The van der Waals surface area contributed by atoms with E-state index in [0.717, 1.165) is 0 Å². The minimum Gasteiger partial charge on any atom is -0.772 e. The van der Waals surface area contributed by atoms with Crippen LogP contribution in [0.25, 0.3) is 0 Å². The Bertz CT molecular complexity index is 117. The molecule has 8 heteroatoms. The first-order valence-corrected chi connectivity index (χ1v) is 4.73. The van der Waals surface area contributed by atoms with Crippen molar-refractivity contribution in [3.8, 4) is 0 Å². The van der Waals surface area contributed by atoms with Gasteiger partial charge in [-0.05, 0) is 6.42 Å². The van der Waals surface area contributed by atoms with Crippen molar-refractivity contribution in [2.45, 2.75) is 6.42 Å². The van der Waals surface area contributed by atoms with E-state index >= 15 is 0 Å². The fourth-order valence-electron chi connectivity index (χ4n) is 0.295. The molecule has 0 saturated carbocycles. The molecule has 2 atom stereocenters. The first-order chi connectivity index (χ1) is 4.13. The van der Waals surface area contributed by atoms with Crippen LogP contribution in [0.2, 0.25) is 0 Å². The molecule has 56 valence electrons. The normalized spacial score (nSPS) is 14.0. The summed E-state index contributed by atoms with van der Waals surface area (Å²) in [5.41, 5.74) is 0. The predicted octanol–water partition coefficient (Wildman–Crippen LogP) is -6.86. The van der Waals surface area contributed by atoms with E-state index in [9.17, 15) is 17.5 Å². The maximum Gasteiger partial charge on any atom is 1.00 e. The van der Waals surface area contributed by atoms with Gasteiger partial charge in [0.15, 0.2) is 0 Å². The zero-order chi connectivity index (χ0) is 7.28. The molecule has 4 nitrogen and oxygen atoms in total. The van der Waals surface area contributed by atoms with E-state index in [1.807, 2.05) is 0 Å². The summed E-state index contributed by atoms with van der Waals surface area (Å²) < 4.78 is 39.1. The third-order valence-electron chi connectivity index (χ3n) is 0.622. The van der Waals surface area contributed by atoms with Gasteiger partial charge >= 0.3 is 59.1 Å². The second-order valence-electron chi connectivity index (χ2n) is 1.37. The minimum absolute atomic E-state index is 0. The van der Waals surface area contributed by atoms with Crippen LogP contribution < -0.4 is 59.1 Å². The Morgan fingerprint density at radius 2 is 1.18 bits per heavy atom. The summed E-state index contributed by atoms with van der Waals surface area (Å²) in [5.74, 6) is -0.151. The van der Waals surface area contributed by atoms with Crippen molar-refractivity contribution in [2.75, 3.05) is 11.5 Å². The Hall–Kier alpha value is 2.22. The summed E-state index contributed by atoms with van der Waals surface area (Å²) in [6, 6.07) is 0. The van der Waals surface area contributed by atoms with Crippen LogP contribution in [-0.2, 0) is 22.2 Å². The quantitative estimate of drug-likeness (QED) is 0.345. The van der Waals surface area contributed by atoms with Gasteiger partial charge < -0.3 is 9.11 Å². The van der Waals surface area contributed by atoms with E-state index < -0.39 is 22.2 Å². The topological polar surface area (TPSA) is 80.3 Å². The van der Waals surface area contributed by atoms with E-state index in [1.54, 1.807) is 0 Å². The average molecular weight is 216 g/mol. The molecule has 0 amide bonds. The van der Waals surface area contributed by atoms with Crippen LogP contribution in [-0.4, -0.2) is 29.0 Å². The maximum atomic E-state index is 9.78. The van der Waals surface area contributed by atoms with Crippen molar-refractivity contribution in [3.63, 3.8) is 0 Å². The molecule has 0 saturated heterocycles. The molecule has 2 unspecified atom stereocenters. The molecule has 0 N–H and O–H groups in total. The van der Waals surface area contributed by atoms with Gasteiger partial charge in [-0.1, -0.05) is 22.2 Å². The molecular weight excluding hydrogens is 210 g/mol. The second kappa shape index (κ2) is 12.2. The molecule has 0 aromatic rings. The van der Waals surface area contributed by atoms with Gasteiger partial charge in [-0.25, -0.2) is 0 Å². The summed E-state index contributed by atoms with van der Waals surface area (Å²) in [6.07, 6.45) is 0.187. The third kappa shape index (κ3) is 18.9. The summed E-state index contributed by atoms with van der Waals surface area (Å²) in [7, 11) is 0. The third-order valence-corrected chi connectivity index (χ3v) is 1.87. The predicted molar refractivity (Wildman–Crippen MR) is 32.2 cm³/mol. The van der Waals surface area contributed by atoms with Gasteiger partial charge in [0.1, 0.15) is 0 Å². The van der Waals surface area contributed by atoms with Gasteiger partial charge in [0.25, 0.3) is 0 Å². The summed E-state index contributed by atoms with van der Waals surface area (Å²) in [4.78, 5) is 0. The molecule has 11 heavy (non-hydrogen) atoms. The zero-order valence-corrected chi connectivity index (χ0v) is 12.2. The standard InChI is InChI=1S/C3H8O4S2.2Na/c4-8(5)2-1-3-9(6)7;;/h1-3H2,(H,4,5)(H,6,7);;/q;2*+1/p-2.